The Morgan fingerprint density at radius 2 is 2.18 bits per heavy atom. The largest absolute Gasteiger partial charge is 0.396 e. The minimum Gasteiger partial charge on any atom is -0.396 e. The summed E-state index contributed by atoms with van der Waals surface area (Å²) in [5.41, 5.74) is 1.97. The van der Waals surface area contributed by atoms with E-state index >= 15 is 0 Å². The van der Waals surface area contributed by atoms with E-state index in [9.17, 15) is 0 Å². The standard InChI is InChI=1S/C12H18N4O/c13-7-6-11-12(10-4-1-2-5-10)16(15-14-11)8-3-9-17/h10,17H,1-6,8-9H2. The molecule has 0 aromatic carbocycles. The van der Waals surface area contributed by atoms with Gasteiger partial charge in [-0.15, -0.1) is 5.10 Å². The van der Waals surface area contributed by atoms with Crippen molar-refractivity contribution in [2.75, 3.05) is 6.61 Å². The second-order valence-electron chi connectivity index (χ2n) is 4.54. The van der Waals surface area contributed by atoms with Crippen molar-refractivity contribution in [2.45, 2.75) is 51.0 Å². The van der Waals surface area contributed by atoms with E-state index in [4.69, 9.17) is 10.4 Å². The molecule has 0 saturated heterocycles. The molecule has 0 amide bonds. The van der Waals surface area contributed by atoms with Crippen LogP contribution >= 0.6 is 0 Å². The molecule has 0 radical (unpaired) electrons. The molecule has 0 bridgehead atoms. The first-order valence-electron chi connectivity index (χ1n) is 6.27. The molecule has 5 heteroatoms. The van der Waals surface area contributed by atoms with Crippen molar-refractivity contribution in [3.8, 4) is 6.07 Å². The lowest BCUT2D eigenvalue weighted by Gasteiger charge is -2.12. The number of nitrogens with zero attached hydrogens (tertiary/aromatic N) is 4. The first kappa shape index (κ1) is 12.1. The van der Waals surface area contributed by atoms with E-state index in [-0.39, 0.29) is 6.61 Å². The van der Waals surface area contributed by atoms with Gasteiger partial charge in [-0.25, -0.2) is 4.68 Å². The van der Waals surface area contributed by atoms with Crippen molar-refractivity contribution in [3.05, 3.63) is 11.4 Å². The molecule has 0 atom stereocenters. The molecule has 1 fully saturated rings. The van der Waals surface area contributed by atoms with Crippen LogP contribution in [0.2, 0.25) is 0 Å². The highest BCUT2D eigenvalue weighted by molar-refractivity contribution is 5.19. The first-order valence-corrected chi connectivity index (χ1v) is 6.27. The van der Waals surface area contributed by atoms with Gasteiger partial charge in [-0.1, -0.05) is 18.1 Å². The third-order valence-corrected chi connectivity index (χ3v) is 3.36. The predicted octanol–water partition coefficient (Wildman–Crippen LogP) is 1.38. The second-order valence-corrected chi connectivity index (χ2v) is 4.54. The molecule has 5 nitrogen and oxygen atoms in total. The van der Waals surface area contributed by atoms with Crippen LogP contribution in [0.1, 0.15) is 49.4 Å². The van der Waals surface area contributed by atoms with Gasteiger partial charge in [0.2, 0.25) is 0 Å². The average Bonchev–Trinajstić information content (AvgIpc) is 2.95. The molecule has 1 heterocycles. The summed E-state index contributed by atoms with van der Waals surface area (Å²) in [6.07, 6.45) is 5.87. The molecule has 1 aromatic heterocycles. The normalized spacial score (nSPS) is 16.2. The maximum absolute atomic E-state index is 8.88. The average molecular weight is 234 g/mol. The third kappa shape index (κ3) is 2.64. The highest BCUT2D eigenvalue weighted by Crippen LogP contribution is 2.35. The summed E-state index contributed by atoms with van der Waals surface area (Å²) in [6, 6.07) is 2.15. The topological polar surface area (TPSA) is 74.7 Å². The highest BCUT2D eigenvalue weighted by Gasteiger charge is 2.25. The van der Waals surface area contributed by atoms with Crippen LogP contribution in [0.15, 0.2) is 0 Å². The van der Waals surface area contributed by atoms with E-state index in [0.29, 0.717) is 25.3 Å². The Hall–Kier alpha value is -1.41. The molecular formula is C12H18N4O. The molecule has 0 spiro atoms. The SMILES string of the molecule is N#CCc1nnn(CCCO)c1C1CCCC1. The Morgan fingerprint density at radius 1 is 1.41 bits per heavy atom. The van der Waals surface area contributed by atoms with Gasteiger partial charge >= 0.3 is 0 Å². The molecular weight excluding hydrogens is 216 g/mol. The Labute approximate surface area is 101 Å². The summed E-state index contributed by atoms with van der Waals surface area (Å²) in [4.78, 5) is 0. The van der Waals surface area contributed by atoms with Gasteiger partial charge in [-0.2, -0.15) is 5.26 Å². The monoisotopic (exact) mass is 234 g/mol. The molecule has 1 N–H and O–H groups in total. The van der Waals surface area contributed by atoms with Crippen molar-refractivity contribution < 1.29 is 5.11 Å². The fourth-order valence-corrected chi connectivity index (χ4v) is 2.59. The van der Waals surface area contributed by atoms with E-state index in [0.717, 1.165) is 11.4 Å². The van der Waals surface area contributed by atoms with Gasteiger partial charge in [0.05, 0.1) is 18.2 Å². The van der Waals surface area contributed by atoms with Crippen molar-refractivity contribution >= 4 is 0 Å². The fraction of sp³-hybridized carbons (Fsp3) is 0.750. The van der Waals surface area contributed by atoms with Crippen molar-refractivity contribution in [1.82, 2.24) is 15.0 Å². The molecule has 17 heavy (non-hydrogen) atoms. The molecule has 0 aliphatic heterocycles. The number of hydrogen-bond acceptors (Lipinski definition) is 4. The number of rotatable bonds is 5. The summed E-state index contributed by atoms with van der Waals surface area (Å²) < 4.78 is 1.89. The smallest absolute Gasteiger partial charge is 0.100 e. The Bertz CT molecular complexity index is 401. The fourth-order valence-electron chi connectivity index (χ4n) is 2.59. The van der Waals surface area contributed by atoms with Crippen LogP contribution in [0.3, 0.4) is 0 Å². The zero-order valence-corrected chi connectivity index (χ0v) is 9.97. The van der Waals surface area contributed by atoms with Gasteiger partial charge in [0, 0.05) is 19.1 Å². The number of hydrogen-bond donors (Lipinski definition) is 1. The van der Waals surface area contributed by atoms with E-state index < -0.39 is 0 Å². The maximum Gasteiger partial charge on any atom is 0.100 e. The lowest BCUT2D eigenvalue weighted by atomic mass is 10.0. The predicted molar refractivity (Wildman–Crippen MR) is 62.3 cm³/mol. The van der Waals surface area contributed by atoms with E-state index in [1.807, 2.05) is 4.68 Å². The number of aromatic nitrogens is 3. The number of aliphatic hydroxyl groups excluding tert-OH is 1. The van der Waals surface area contributed by atoms with Crippen molar-refractivity contribution in [1.29, 1.82) is 5.26 Å². The van der Waals surface area contributed by atoms with Gasteiger partial charge in [-0.05, 0) is 19.3 Å². The van der Waals surface area contributed by atoms with Crippen LogP contribution in [-0.4, -0.2) is 26.7 Å². The van der Waals surface area contributed by atoms with Crippen LogP contribution in [0.25, 0.3) is 0 Å². The third-order valence-electron chi connectivity index (χ3n) is 3.36. The number of aliphatic hydroxyl groups is 1. The molecule has 0 unspecified atom stereocenters. The zero-order valence-electron chi connectivity index (χ0n) is 9.97. The van der Waals surface area contributed by atoms with Crippen LogP contribution in [0.5, 0.6) is 0 Å². The van der Waals surface area contributed by atoms with Crippen LogP contribution < -0.4 is 0 Å². The Kier molecular flexibility index (Phi) is 4.10. The minimum absolute atomic E-state index is 0.164. The molecule has 2 rings (SSSR count). The number of nitriles is 1. The molecule has 1 aliphatic carbocycles. The summed E-state index contributed by atoms with van der Waals surface area (Å²) in [5, 5.41) is 25.9. The second kappa shape index (κ2) is 5.78. The van der Waals surface area contributed by atoms with Gasteiger partial charge in [0.25, 0.3) is 0 Å². The van der Waals surface area contributed by atoms with E-state index in [2.05, 4.69) is 16.4 Å². The molecule has 1 saturated carbocycles. The van der Waals surface area contributed by atoms with Crippen LogP contribution in [-0.2, 0) is 13.0 Å². The zero-order chi connectivity index (χ0) is 12.1. The van der Waals surface area contributed by atoms with Crippen LogP contribution in [0, 0.1) is 11.3 Å². The van der Waals surface area contributed by atoms with Gasteiger partial charge in [-0.3, -0.25) is 0 Å². The number of aryl methyl sites for hydroxylation is 1. The Morgan fingerprint density at radius 3 is 2.82 bits per heavy atom. The van der Waals surface area contributed by atoms with Crippen molar-refractivity contribution in [2.24, 2.45) is 0 Å². The van der Waals surface area contributed by atoms with Crippen LogP contribution in [0.4, 0.5) is 0 Å². The summed E-state index contributed by atoms with van der Waals surface area (Å²) >= 11 is 0. The minimum atomic E-state index is 0.164. The molecule has 1 aliphatic rings. The maximum atomic E-state index is 8.88. The van der Waals surface area contributed by atoms with Gasteiger partial charge in [0.1, 0.15) is 5.69 Å². The van der Waals surface area contributed by atoms with E-state index in [1.165, 1.54) is 25.7 Å². The lowest BCUT2D eigenvalue weighted by Crippen LogP contribution is -2.10. The lowest BCUT2D eigenvalue weighted by molar-refractivity contribution is 0.274. The molecule has 1 aromatic rings. The quantitative estimate of drug-likeness (QED) is 0.835. The summed E-state index contributed by atoms with van der Waals surface area (Å²) in [7, 11) is 0. The Balaban J connectivity index is 2.22. The molecule has 92 valence electrons. The van der Waals surface area contributed by atoms with Gasteiger partial charge in [0.15, 0.2) is 0 Å². The summed E-state index contributed by atoms with van der Waals surface area (Å²) in [6.45, 7) is 0.859. The van der Waals surface area contributed by atoms with Crippen molar-refractivity contribution in [3.63, 3.8) is 0 Å². The van der Waals surface area contributed by atoms with Gasteiger partial charge < -0.3 is 5.11 Å². The summed E-state index contributed by atoms with van der Waals surface area (Å²) in [5.74, 6) is 0.507. The first-order chi connectivity index (χ1) is 8.36. The highest BCUT2D eigenvalue weighted by atomic mass is 16.3. The van der Waals surface area contributed by atoms with E-state index in [1.54, 1.807) is 0 Å².